The largest absolute Gasteiger partial charge is 0.497 e. The van der Waals surface area contributed by atoms with E-state index in [4.69, 9.17) is 18.9 Å². The molecule has 1 fully saturated rings. The van der Waals surface area contributed by atoms with Crippen LogP contribution in [0, 0.1) is 5.82 Å². The van der Waals surface area contributed by atoms with Crippen molar-refractivity contribution in [1.82, 2.24) is 68.0 Å². The Labute approximate surface area is 673 Å². The number of benzene rings is 5. The van der Waals surface area contributed by atoms with Gasteiger partial charge in [0.2, 0.25) is 59.1 Å². The van der Waals surface area contributed by atoms with Crippen LogP contribution in [0.25, 0.3) is 10.9 Å². The van der Waals surface area contributed by atoms with Gasteiger partial charge in [0.1, 0.15) is 71.6 Å². The van der Waals surface area contributed by atoms with Gasteiger partial charge in [-0.05, 0) is 157 Å². The number of nitrogens with one attached hydrogen (secondary N) is 11. The summed E-state index contributed by atoms with van der Waals surface area (Å²) in [6.07, 6.45) is -2.25. The molecule has 2 aliphatic rings. The number of amides is 12. The molecule has 116 heavy (non-hydrogen) atoms. The molecule has 1 aromatic heterocycles. The van der Waals surface area contributed by atoms with Crippen LogP contribution in [0.1, 0.15) is 140 Å². The fourth-order valence-corrected chi connectivity index (χ4v) is 13.5. The lowest BCUT2D eigenvalue weighted by Crippen LogP contribution is -2.64. The van der Waals surface area contributed by atoms with Crippen molar-refractivity contribution in [2.24, 2.45) is 0 Å². The van der Waals surface area contributed by atoms with Crippen molar-refractivity contribution in [3.8, 4) is 5.75 Å². The molecule has 2 bridgehead atoms. The molecular weight excluding hydrogens is 1500 g/mol. The Hall–Kier alpha value is -12.0. The van der Waals surface area contributed by atoms with Crippen LogP contribution in [0.5, 0.6) is 5.75 Å². The number of carbonyl (C=O) groups is 13. The third-order valence-electron chi connectivity index (χ3n) is 19.7. The van der Waals surface area contributed by atoms with Crippen molar-refractivity contribution in [3.63, 3.8) is 0 Å². The number of halogens is 1. The number of aromatic amines is 1. The zero-order valence-electron chi connectivity index (χ0n) is 67.7. The summed E-state index contributed by atoms with van der Waals surface area (Å²) >= 11 is 0. The molecule has 12 amide bonds. The van der Waals surface area contributed by atoms with Crippen LogP contribution in [-0.2, 0) is 117 Å². The average molecular weight is 1610 g/mol. The molecule has 6 aromatic rings. The van der Waals surface area contributed by atoms with E-state index in [1.54, 1.807) is 127 Å². The number of methoxy groups -OCH3 is 2. The number of alkyl carbamates (subject to hydrolysis) is 2. The van der Waals surface area contributed by atoms with Crippen LogP contribution in [0.15, 0.2) is 128 Å². The van der Waals surface area contributed by atoms with Crippen molar-refractivity contribution >= 4 is 88.1 Å². The number of carbonyl (C=O) groups excluding carboxylic acids is 13. The Morgan fingerprint density at radius 1 is 0.707 bits per heavy atom. The molecule has 0 radical (unpaired) electrons. The number of rotatable bonds is 30. The summed E-state index contributed by atoms with van der Waals surface area (Å²) in [6.45, 7) is 14.2. The van der Waals surface area contributed by atoms with E-state index in [0.717, 1.165) is 16.0 Å². The van der Waals surface area contributed by atoms with Crippen LogP contribution in [0.2, 0.25) is 0 Å². The van der Waals surface area contributed by atoms with Crippen LogP contribution in [0.4, 0.5) is 14.0 Å². The minimum Gasteiger partial charge on any atom is -0.497 e. The first-order valence-electron chi connectivity index (χ1n) is 38.6. The van der Waals surface area contributed by atoms with Gasteiger partial charge in [0.05, 0.1) is 38.9 Å². The van der Waals surface area contributed by atoms with Gasteiger partial charge in [-0.25, -0.2) is 14.0 Å². The van der Waals surface area contributed by atoms with E-state index in [9.17, 15) is 38.4 Å². The number of nitrogens with zero attached hydrogens (tertiary/aromatic N) is 2. The van der Waals surface area contributed by atoms with Gasteiger partial charge in [-0.3, -0.25) is 52.7 Å². The van der Waals surface area contributed by atoms with Gasteiger partial charge in [-0.15, -0.1) is 0 Å². The molecule has 9 atom stereocenters. The van der Waals surface area contributed by atoms with Gasteiger partial charge in [-0.1, -0.05) is 91.0 Å². The number of hydrogen-bond donors (Lipinski definition) is 11. The van der Waals surface area contributed by atoms with Crippen molar-refractivity contribution in [2.45, 2.75) is 211 Å². The molecule has 2 aliphatic heterocycles. The summed E-state index contributed by atoms with van der Waals surface area (Å²) in [4.78, 5) is 191. The van der Waals surface area contributed by atoms with E-state index in [2.05, 4.69) is 62.9 Å². The van der Waals surface area contributed by atoms with Crippen molar-refractivity contribution in [1.29, 1.82) is 0 Å². The molecule has 624 valence electrons. The normalized spacial score (nSPS) is 18.1. The minimum absolute atomic E-state index is 0.0192. The number of likely N-dealkylation sites (tertiary alicyclic amines) is 1. The molecule has 1 saturated heterocycles. The second-order valence-electron chi connectivity index (χ2n) is 31.1. The third kappa shape index (κ3) is 26.8. The average Bonchev–Trinajstić information content (AvgIpc) is 1.59. The van der Waals surface area contributed by atoms with E-state index in [1.165, 1.54) is 64.4 Å². The number of ether oxygens (including phenoxy) is 5. The smallest absolute Gasteiger partial charge is 0.408 e. The molecule has 0 aliphatic carbocycles. The van der Waals surface area contributed by atoms with E-state index in [0.29, 0.717) is 57.3 Å². The lowest BCUT2D eigenvalue weighted by atomic mass is 9.95. The fraction of sp³-hybridized carbons (Fsp3) is 0.464. The van der Waals surface area contributed by atoms with E-state index >= 15 is 28.4 Å². The molecule has 0 spiro atoms. The van der Waals surface area contributed by atoms with Gasteiger partial charge >= 0.3 is 18.2 Å². The highest BCUT2D eigenvalue weighted by Crippen LogP contribution is 2.32. The first kappa shape index (κ1) is 89.6. The second kappa shape index (κ2) is 41.4. The Morgan fingerprint density at radius 2 is 1.40 bits per heavy atom. The molecule has 32 heteroatoms. The maximum absolute atomic E-state index is 15.8. The fourth-order valence-electron chi connectivity index (χ4n) is 13.5. The first-order valence-corrected chi connectivity index (χ1v) is 38.6. The monoisotopic (exact) mass is 1610 g/mol. The third-order valence-corrected chi connectivity index (χ3v) is 19.7. The quantitative estimate of drug-likeness (QED) is 0.0200. The van der Waals surface area contributed by atoms with Crippen LogP contribution < -0.4 is 57.9 Å². The van der Waals surface area contributed by atoms with Gasteiger partial charge in [0, 0.05) is 82.4 Å². The maximum atomic E-state index is 15.8. The Bertz CT molecular complexity index is 4470. The summed E-state index contributed by atoms with van der Waals surface area (Å²) in [5.41, 5.74) is 1.25. The first-order chi connectivity index (χ1) is 55.0. The molecule has 0 saturated carbocycles. The van der Waals surface area contributed by atoms with E-state index < -0.39 is 162 Å². The van der Waals surface area contributed by atoms with E-state index in [-0.39, 0.29) is 77.2 Å². The van der Waals surface area contributed by atoms with Crippen LogP contribution >= 0.6 is 0 Å². The zero-order valence-corrected chi connectivity index (χ0v) is 67.7. The van der Waals surface area contributed by atoms with Crippen molar-refractivity contribution < 1.29 is 90.4 Å². The van der Waals surface area contributed by atoms with Crippen LogP contribution in [-0.4, -0.2) is 198 Å². The van der Waals surface area contributed by atoms with Gasteiger partial charge in [0.15, 0.2) is 0 Å². The summed E-state index contributed by atoms with van der Waals surface area (Å²) in [5.74, 6) is -8.38. The zero-order chi connectivity index (χ0) is 84.6. The molecule has 8 rings (SSSR count). The highest BCUT2D eigenvalue weighted by atomic mass is 19.1. The van der Waals surface area contributed by atoms with Crippen molar-refractivity contribution in [3.05, 3.63) is 172 Å². The topological polar surface area (TPSA) is 411 Å². The highest BCUT2D eigenvalue weighted by Gasteiger charge is 2.48. The number of aromatic nitrogens is 1. The SMILES string of the molecule is COC(=O)CCC(=O)NCc1ccc(CCNC(=O)[C@]2(C)CCCN2C(=O)[C@H](Cc2ccc(OC)cc2)NC(=O)[C@@H](NC(=O)C2CCC(=O)NCc3cccc(c3)C[C@H](NC(=O)[C@@H](CNC(=O)OC(C)(C)C)NC(=O)C(C)NC(=O)OCc3ccccc3)C(=O)N[C@@H](Cc3c[nH]c4ccc(F)cc34)C(=O)N2C)[C@@H](C)OC(C)(C)C)cc1. The number of hydrogen-bond acceptors (Lipinski definition) is 18. The lowest BCUT2D eigenvalue weighted by Gasteiger charge is -2.37. The van der Waals surface area contributed by atoms with Crippen LogP contribution in [0.3, 0.4) is 0 Å². The van der Waals surface area contributed by atoms with Gasteiger partial charge in [-0.2, -0.15) is 0 Å². The number of esters is 1. The van der Waals surface area contributed by atoms with Crippen molar-refractivity contribution in [2.75, 3.05) is 40.9 Å². The Balaban J connectivity index is 1.08. The number of H-pyrrole nitrogens is 1. The molecule has 11 N–H and O–H groups in total. The standard InChI is InChI=1S/C84H108FN13O18/c1-50(91-81(111)114-49-55-18-14-13-15-19-55)72(102)95-66(48-90-80(110)116-83(6,7)8)74(104)92-63-42-56-20-16-21-57(40-56)46-89-68(99)33-32-67(97(10)77(107)65(93-73(63)103)43-58-47-87-62-31-28-59(85)44-61(58)62)75(105)96-71(51(2)115-82(3,4)5)76(106)94-64(41-53-26-29-60(112-11)30-27-53)78(108)98-39-17-37-84(98,9)79(109)86-38-36-52-22-24-54(25-23-52)45-88-69(100)34-35-70(101)113-12/h13-16,18-31,40,44,47,50-51,63-67,71,87H,17,32-39,41-43,45-46,48-49H2,1-12H3,(H,86,109)(H,88,100)(H,89,99)(H,90,110)(H,91,111)(H,92,104)(H,93,103)(H,94,106)(H,95,102)(H,96,105)/t50?,51-,63+,64+,65+,66-,67?,71+,84+/m1/s1. The molecule has 2 unspecified atom stereocenters. The molecule has 3 heterocycles. The number of likely N-dealkylation sites (N-methyl/N-ethyl adjacent to an activating group) is 1. The van der Waals surface area contributed by atoms with E-state index in [1.807, 2.05) is 24.3 Å². The molecular formula is C84H108FN13O18. The number of fused-ring (bicyclic) bond motifs is 3. The maximum Gasteiger partial charge on any atom is 0.408 e. The molecule has 5 aromatic carbocycles. The Kier molecular flexibility index (Phi) is 32.0. The molecule has 31 nitrogen and oxygen atoms in total. The summed E-state index contributed by atoms with van der Waals surface area (Å²) in [5, 5.41) is 27.6. The summed E-state index contributed by atoms with van der Waals surface area (Å²) < 4.78 is 42.5. The predicted molar refractivity (Wildman–Crippen MR) is 425 cm³/mol. The van der Waals surface area contributed by atoms with Gasteiger partial charge < -0.3 is 91.6 Å². The lowest BCUT2D eigenvalue weighted by molar-refractivity contribution is -0.148. The highest BCUT2D eigenvalue weighted by molar-refractivity contribution is 6.00. The summed E-state index contributed by atoms with van der Waals surface area (Å²) in [7, 11) is 4.00. The minimum atomic E-state index is -1.70. The second-order valence-corrected chi connectivity index (χ2v) is 31.1. The summed E-state index contributed by atoms with van der Waals surface area (Å²) in [6, 6.07) is 22.4. The predicted octanol–water partition coefficient (Wildman–Crippen LogP) is 5.36. The van der Waals surface area contributed by atoms with Gasteiger partial charge in [0.25, 0.3) is 0 Å². The Morgan fingerprint density at radius 3 is 2.09 bits per heavy atom.